The fourth-order valence-corrected chi connectivity index (χ4v) is 2.32. The predicted octanol–water partition coefficient (Wildman–Crippen LogP) is 4.26. The van der Waals surface area contributed by atoms with Gasteiger partial charge in [-0.05, 0) is 53.3 Å². The number of anilines is 2. The first-order chi connectivity index (χ1) is 10.2. The van der Waals surface area contributed by atoms with Crippen molar-refractivity contribution in [1.82, 2.24) is 4.98 Å². The molecule has 1 aromatic heterocycles. The van der Waals surface area contributed by atoms with Gasteiger partial charge in [0.1, 0.15) is 0 Å². The number of nitrogens with two attached hydrogens (primary N) is 1. The van der Waals surface area contributed by atoms with Gasteiger partial charge in [0, 0.05) is 18.9 Å². The Morgan fingerprint density at radius 3 is 2.76 bits per heavy atom. The van der Waals surface area contributed by atoms with Crippen LogP contribution in [0.5, 0.6) is 0 Å². The fraction of sp³-hybridized carbons (Fsp3) is 0.278. The Labute approximate surface area is 126 Å². The molecule has 1 aromatic carbocycles. The van der Waals surface area contributed by atoms with Crippen LogP contribution in [0.1, 0.15) is 37.0 Å². The van der Waals surface area contributed by atoms with E-state index in [1.165, 1.54) is 5.56 Å². The van der Waals surface area contributed by atoms with Gasteiger partial charge < -0.3 is 11.1 Å². The van der Waals surface area contributed by atoms with E-state index < -0.39 is 0 Å². The van der Waals surface area contributed by atoms with E-state index in [0.29, 0.717) is 0 Å². The monoisotopic (exact) mass is 281 g/mol. The van der Waals surface area contributed by atoms with Gasteiger partial charge >= 0.3 is 0 Å². The van der Waals surface area contributed by atoms with Crippen molar-refractivity contribution in [2.24, 2.45) is 0 Å². The van der Waals surface area contributed by atoms with Crippen LogP contribution in [-0.4, -0.2) is 4.98 Å². The van der Waals surface area contributed by atoms with Gasteiger partial charge in [0.2, 0.25) is 0 Å². The molecule has 0 radical (unpaired) electrons. The third-order valence-corrected chi connectivity index (χ3v) is 3.66. The van der Waals surface area contributed by atoms with Crippen molar-refractivity contribution in [3.8, 4) is 0 Å². The normalized spacial score (nSPS) is 10.4. The molecule has 0 amide bonds. The molecule has 0 spiro atoms. The van der Waals surface area contributed by atoms with Crippen molar-refractivity contribution in [2.45, 2.75) is 33.2 Å². The van der Waals surface area contributed by atoms with Gasteiger partial charge in [0.15, 0.2) is 0 Å². The summed E-state index contributed by atoms with van der Waals surface area (Å²) in [7, 11) is 0. The average Bonchev–Trinajstić information content (AvgIpc) is 2.53. The smallest absolute Gasteiger partial charge is 0.0609 e. The molecule has 0 fully saturated rings. The van der Waals surface area contributed by atoms with Crippen LogP contribution in [0.15, 0.2) is 43.2 Å². The van der Waals surface area contributed by atoms with Crippen LogP contribution >= 0.6 is 0 Å². The highest BCUT2D eigenvalue weighted by Crippen LogP contribution is 2.30. The molecule has 1 heterocycles. The summed E-state index contributed by atoms with van der Waals surface area (Å²) < 4.78 is 0. The molecule has 0 unspecified atom stereocenters. The van der Waals surface area contributed by atoms with E-state index in [2.05, 4.69) is 42.9 Å². The molecular formula is C18H23N3. The molecule has 2 rings (SSSR count). The molecule has 0 aliphatic heterocycles. The third kappa shape index (κ3) is 3.63. The molecule has 3 N–H and O–H groups in total. The Hall–Kier alpha value is -2.29. The van der Waals surface area contributed by atoms with E-state index in [0.717, 1.165) is 47.5 Å². The second kappa shape index (κ2) is 6.93. The molecule has 3 heteroatoms. The first-order valence-electron chi connectivity index (χ1n) is 7.39. The molecule has 110 valence electrons. The maximum absolute atomic E-state index is 6.24. The summed E-state index contributed by atoms with van der Waals surface area (Å²) in [6.07, 6.45) is 5.51. The van der Waals surface area contributed by atoms with Crippen molar-refractivity contribution in [2.75, 3.05) is 11.1 Å². The number of aryl methyl sites for hydroxylation is 1. The number of benzene rings is 1. The number of allylic oxidation sites excluding steroid dienone is 1. The van der Waals surface area contributed by atoms with Crippen LogP contribution in [0.4, 0.5) is 11.4 Å². The zero-order valence-electron chi connectivity index (χ0n) is 12.8. The minimum absolute atomic E-state index is 0.721. The van der Waals surface area contributed by atoms with E-state index in [4.69, 9.17) is 5.73 Å². The number of hydrogen-bond acceptors (Lipinski definition) is 3. The second-order valence-corrected chi connectivity index (χ2v) is 5.13. The topological polar surface area (TPSA) is 50.9 Å². The van der Waals surface area contributed by atoms with Crippen LogP contribution < -0.4 is 11.1 Å². The van der Waals surface area contributed by atoms with Crippen molar-refractivity contribution >= 4 is 16.9 Å². The van der Waals surface area contributed by atoms with Crippen LogP contribution in [-0.2, 0) is 13.0 Å². The van der Waals surface area contributed by atoms with Crippen LogP contribution in [0.3, 0.4) is 0 Å². The lowest BCUT2D eigenvalue weighted by Gasteiger charge is -2.16. The molecular weight excluding hydrogens is 258 g/mol. The number of nitrogen functional groups attached to an aromatic ring is 1. The first-order valence-corrected chi connectivity index (χ1v) is 7.39. The number of rotatable bonds is 6. The Kier molecular flexibility index (Phi) is 4.99. The molecule has 0 aliphatic carbocycles. The molecule has 0 atom stereocenters. The average molecular weight is 281 g/mol. The molecule has 0 aliphatic rings. The fourth-order valence-electron chi connectivity index (χ4n) is 2.32. The standard InChI is InChI=1S/C18H23N3/c1-4-13(3)16-9-15(5-2)18(17(19)10-16)21-12-14-7-6-8-20-11-14/h6-11,21H,3-5,12,19H2,1-2H3. The molecule has 21 heavy (non-hydrogen) atoms. The summed E-state index contributed by atoms with van der Waals surface area (Å²) in [4.78, 5) is 4.13. The number of pyridine rings is 1. The molecule has 0 bridgehead atoms. The summed E-state index contributed by atoms with van der Waals surface area (Å²) in [5.41, 5.74) is 12.7. The lowest BCUT2D eigenvalue weighted by atomic mass is 9.98. The van der Waals surface area contributed by atoms with Gasteiger partial charge in [-0.25, -0.2) is 0 Å². The van der Waals surface area contributed by atoms with Gasteiger partial charge in [0.05, 0.1) is 11.4 Å². The third-order valence-electron chi connectivity index (χ3n) is 3.66. The van der Waals surface area contributed by atoms with E-state index in [1.807, 2.05) is 18.3 Å². The minimum atomic E-state index is 0.721. The van der Waals surface area contributed by atoms with Crippen LogP contribution in [0.2, 0.25) is 0 Å². The van der Waals surface area contributed by atoms with E-state index in [1.54, 1.807) is 6.20 Å². The zero-order chi connectivity index (χ0) is 15.2. The zero-order valence-corrected chi connectivity index (χ0v) is 12.8. The summed E-state index contributed by atoms with van der Waals surface area (Å²) in [5, 5.41) is 3.44. The van der Waals surface area contributed by atoms with Gasteiger partial charge in [-0.3, -0.25) is 4.98 Å². The van der Waals surface area contributed by atoms with Crippen molar-refractivity contribution in [1.29, 1.82) is 0 Å². The number of aromatic nitrogens is 1. The van der Waals surface area contributed by atoms with Gasteiger partial charge in [-0.2, -0.15) is 0 Å². The Morgan fingerprint density at radius 2 is 2.14 bits per heavy atom. The van der Waals surface area contributed by atoms with Crippen molar-refractivity contribution in [3.05, 3.63) is 59.9 Å². The van der Waals surface area contributed by atoms with Crippen molar-refractivity contribution < 1.29 is 0 Å². The summed E-state index contributed by atoms with van der Waals surface area (Å²) in [6.45, 7) is 9.07. The largest absolute Gasteiger partial charge is 0.397 e. The first kappa shape index (κ1) is 15.1. The molecule has 2 aromatic rings. The number of nitrogens with one attached hydrogen (secondary N) is 1. The predicted molar refractivity (Wildman–Crippen MR) is 91.1 cm³/mol. The molecule has 3 nitrogen and oxygen atoms in total. The Balaban J connectivity index is 2.24. The van der Waals surface area contributed by atoms with Crippen LogP contribution in [0.25, 0.3) is 5.57 Å². The SMILES string of the molecule is C=C(CC)c1cc(N)c(NCc2cccnc2)c(CC)c1. The van der Waals surface area contributed by atoms with Gasteiger partial charge in [0.25, 0.3) is 0 Å². The van der Waals surface area contributed by atoms with Gasteiger partial charge in [-0.15, -0.1) is 0 Å². The van der Waals surface area contributed by atoms with E-state index in [-0.39, 0.29) is 0 Å². The lowest BCUT2D eigenvalue weighted by molar-refractivity contribution is 1.08. The highest BCUT2D eigenvalue weighted by Gasteiger charge is 2.09. The number of hydrogen-bond donors (Lipinski definition) is 2. The quantitative estimate of drug-likeness (QED) is 0.778. The van der Waals surface area contributed by atoms with E-state index in [9.17, 15) is 0 Å². The maximum Gasteiger partial charge on any atom is 0.0609 e. The molecule has 0 saturated carbocycles. The van der Waals surface area contributed by atoms with Gasteiger partial charge in [-0.1, -0.05) is 26.5 Å². The van der Waals surface area contributed by atoms with Crippen molar-refractivity contribution in [3.63, 3.8) is 0 Å². The lowest BCUT2D eigenvalue weighted by Crippen LogP contribution is -2.06. The number of nitrogens with zero attached hydrogens (tertiary/aromatic N) is 1. The molecule has 0 saturated heterocycles. The summed E-state index contributed by atoms with van der Waals surface area (Å²) >= 11 is 0. The Bertz CT molecular complexity index is 618. The second-order valence-electron chi connectivity index (χ2n) is 5.13. The Morgan fingerprint density at radius 1 is 1.33 bits per heavy atom. The summed E-state index contributed by atoms with van der Waals surface area (Å²) in [6, 6.07) is 8.19. The highest BCUT2D eigenvalue weighted by atomic mass is 14.9. The minimum Gasteiger partial charge on any atom is -0.397 e. The summed E-state index contributed by atoms with van der Waals surface area (Å²) in [5.74, 6) is 0. The maximum atomic E-state index is 6.24. The van der Waals surface area contributed by atoms with E-state index >= 15 is 0 Å². The van der Waals surface area contributed by atoms with Crippen LogP contribution in [0, 0.1) is 0 Å². The highest BCUT2D eigenvalue weighted by molar-refractivity contribution is 5.77.